The average Bonchev–Trinajstić information content (AvgIpc) is 3.53. The molecule has 2 fully saturated rings. The smallest absolute Gasteiger partial charge is 0.410 e. The summed E-state index contributed by atoms with van der Waals surface area (Å²) in [5.41, 5.74) is -0.406. The van der Waals surface area contributed by atoms with Gasteiger partial charge in [0.1, 0.15) is 33.5 Å². The maximum atomic E-state index is 14.3. The van der Waals surface area contributed by atoms with Gasteiger partial charge in [-0.2, -0.15) is 0 Å². The third kappa shape index (κ3) is 8.44. The first-order valence-corrected chi connectivity index (χ1v) is 19.9. The first kappa shape index (κ1) is 37.3. The minimum atomic E-state index is -4.20. The molecule has 0 unspecified atom stereocenters. The number of nitrogens with zero attached hydrogens (tertiary/aromatic N) is 2. The molecule has 0 bridgehead atoms. The van der Waals surface area contributed by atoms with Gasteiger partial charge in [-0.05, 0) is 69.0 Å². The number of carbonyl (C=O) groups is 5. The summed E-state index contributed by atoms with van der Waals surface area (Å²) in [5.74, 6) is -2.63. The molecule has 3 aliphatic heterocycles. The minimum absolute atomic E-state index is 0.0460. The van der Waals surface area contributed by atoms with E-state index in [9.17, 15) is 32.4 Å². The number of thiophene rings is 1. The van der Waals surface area contributed by atoms with Crippen LogP contribution in [0.15, 0.2) is 58.1 Å². The summed E-state index contributed by atoms with van der Waals surface area (Å²) in [5, 5.41) is 7.08. The Bertz CT molecular complexity index is 1820. The van der Waals surface area contributed by atoms with Crippen molar-refractivity contribution in [1.29, 1.82) is 0 Å². The first-order chi connectivity index (χ1) is 24.6. The maximum absolute atomic E-state index is 14.3. The lowest BCUT2D eigenvalue weighted by Gasteiger charge is -2.30. The molecule has 280 valence electrons. The van der Waals surface area contributed by atoms with Crippen molar-refractivity contribution in [2.45, 2.75) is 112 Å². The second-order valence-corrected chi connectivity index (χ2v) is 17.6. The number of hydrogen-bond acceptors (Lipinski definition) is 10. The Kier molecular flexibility index (Phi) is 10.7. The van der Waals surface area contributed by atoms with Crippen molar-refractivity contribution in [3.05, 3.63) is 65.1 Å². The zero-order valence-electron chi connectivity index (χ0n) is 29.5. The summed E-state index contributed by atoms with van der Waals surface area (Å²) < 4.78 is 39.5. The fourth-order valence-corrected chi connectivity index (χ4v) is 9.01. The predicted molar refractivity (Wildman–Crippen MR) is 190 cm³/mol. The summed E-state index contributed by atoms with van der Waals surface area (Å²) in [6.45, 7) is 5.71. The summed E-state index contributed by atoms with van der Waals surface area (Å²) in [6, 6.07) is 8.36. The van der Waals surface area contributed by atoms with Crippen molar-refractivity contribution in [2.75, 3.05) is 6.54 Å². The zero-order valence-corrected chi connectivity index (χ0v) is 31.1. The van der Waals surface area contributed by atoms with Crippen LogP contribution in [0.2, 0.25) is 0 Å². The molecule has 5 atom stereocenters. The highest BCUT2D eigenvalue weighted by Crippen LogP contribution is 2.46. The maximum Gasteiger partial charge on any atom is 0.410 e. The lowest BCUT2D eigenvalue weighted by molar-refractivity contribution is -0.141. The largest absolute Gasteiger partial charge is 0.444 e. The van der Waals surface area contributed by atoms with Gasteiger partial charge in [-0.1, -0.05) is 55.3 Å². The van der Waals surface area contributed by atoms with Crippen LogP contribution < -0.4 is 15.4 Å². The number of benzene rings is 1. The number of carbonyl (C=O) groups excluding carboxylic acids is 5. The molecule has 52 heavy (non-hydrogen) atoms. The second-order valence-electron chi connectivity index (χ2n) is 14.8. The van der Waals surface area contributed by atoms with Crippen LogP contribution in [0, 0.1) is 5.92 Å². The van der Waals surface area contributed by atoms with Gasteiger partial charge in [0.05, 0.1) is 6.54 Å². The number of allylic oxidation sites excluding steroid dienone is 1. The zero-order chi connectivity index (χ0) is 37.3. The van der Waals surface area contributed by atoms with E-state index in [-0.39, 0.29) is 30.0 Å². The summed E-state index contributed by atoms with van der Waals surface area (Å²) >= 11 is 0.955. The first-order valence-electron chi connectivity index (χ1n) is 17.6. The van der Waals surface area contributed by atoms with Gasteiger partial charge in [0.25, 0.3) is 15.9 Å². The molecule has 0 spiro atoms. The van der Waals surface area contributed by atoms with Crippen LogP contribution in [0.4, 0.5) is 9.59 Å². The van der Waals surface area contributed by atoms with Crippen LogP contribution in [0.1, 0.15) is 76.8 Å². The van der Waals surface area contributed by atoms with Crippen molar-refractivity contribution in [2.24, 2.45) is 5.92 Å². The highest BCUT2D eigenvalue weighted by atomic mass is 32.2. The number of rotatable bonds is 5. The quantitative estimate of drug-likeness (QED) is 0.381. The number of sulfonamides is 1. The van der Waals surface area contributed by atoms with Crippen LogP contribution in [0.5, 0.6) is 0 Å². The number of nitrogens with one attached hydrogen (secondary N) is 3. The molecule has 2 aromatic rings. The van der Waals surface area contributed by atoms with Gasteiger partial charge in [0, 0.05) is 25.4 Å². The Morgan fingerprint density at radius 1 is 1.02 bits per heavy atom. The predicted octanol–water partition coefficient (Wildman–Crippen LogP) is 3.96. The molecule has 1 saturated heterocycles. The molecular formula is C36H45N5O9S2. The Balaban J connectivity index is 1.26. The van der Waals surface area contributed by atoms with E-state index in [1.54, 1.807) is 37.1 Å². The molecular weight excluding hydrogens is 711 g/mol. The lowest BCUT2D eigenvalue weighted by atomic mass is 10.0. The van der Waals surface area contributed by atoms with Crippen LogP contribution in [0.3, 0.4) is 0 Å². The minimum Gasteiger partial charge on any atom is -0.444 e. The molecule has 1 aromatic heterocycles. The molecule has 1 saturated carbocycles. The molecule has 1 aliphatic carbocycles. The molecule has 3 N–H and O–H groups in total. The number of amides is 5. The summed E-state index contributed by atoms with van der Waals surface area (Å²) in [6.07, 6.45) is 4.58. The number of alkyl carbamates (subject to hydrolysis) is 1. The van der Waals surface area contributed by atoms with Crippen LogP contribution in [-0.2, 0) is 47.0 Å². The summed E-state index contributed by atoms with van der Waals surface area (Å²) in [7, 11) is -4.20. The normalized spacial score (nSPS) is 27.1. The van der Waals surface area contributed by atoms with E-state index < -0.39 is 75.2 Å². The van der Waals surface area contributed by atoms with Gasteiger partial charge >= 0.3 is 12.2 Å². The van der Waals surface area contributed by atoms with Crippen molar-refractivity contribution >= 4 is 51.3 Å². The number of fused-ring (bicyclic) bond motifs is 3. The lowest BCUT2D eigenvalue weighted by Crippen LogP contribution is -2.58. The van der Waals surface area contributed by atoms with Crippen LogP contribution in [-0.4, -0.2) is 84.0 Å². The van der Waals surface area contributed by atoms with E-state index in [0.29, 0.717) is 25.9 Å². The van der Waals surface area contributed by atoms with E-state index >= 15 is 0 Å². The Morgan fingerprint density at radius 3 is 2.42 bits per heavy atom. The topological polar surface area (TPSA) is 181 Å². The molecule has 4 heterocycles. The second kappa shape index (κ2) is 14.9. The van der Waals surface area contributed by atoms with Crippen LogP contribution >= 0.6 is 11.3 Å². The summed E-state index contributed by atoms with van der Waals surface area (Å²) in [4.78, 5) is 71.4. The van der Waals surface area contributed by atoms with Gasteiger partial charge < -0.3 is 25.0 Å². The molecule has 16 heteroatoms. The highest BCUT2D eigenvalue weighted by molar-refractivity contribution is 7.92. The number of hydrogen-bond donors (Lipinski definition) is 3. The monoisotopic (exact) mass is 755 g/mol. The fraction of sp³-hybridized carbons (Fsp3) is 0.528. The third-order valence-electron chi connectivity index (χ3n) is 9.69. The van der Waals surface area contributed by atoms with E-state index in [4.69, 9.17) is 9.47 Å². The van der Waals surface area contributed by atoms with Crippen molar-refractivity contribution < 1.29 is 41.9 Å². The SMILES string of the molecule is CC(C)(C)OC(=O)N[C@H]1CCCCC/C=C\[C@@H]2C[C@@]2(C(=O)NS(=O)(=O)c2cccs2)NC(=O)[C@@H]2C[C@@H](OC(=O)N3Cc4ccccc4C3)CN2C1=O. The third-order valence-corrected chi connectivity index (χ3v) is 12.4. The number of ether oxygens (including phenoxy) is 2. The van der Waals surface area contributed by atoms with E-state index in [1.165, 1.54) is 11.0 Å². The fourth-order valence-electron chi connectivity index (χ4n) is 6.97. The van der Waals surface area contributed by atoms with Crippen molar-refractivity contribution in [3.8, 4) is 0 Å². The van der Waals surface area contributed by atoms with E-state index in [2.05, 4.69) is 15.4 Å². The molecule has 6 rings (SSSR count). The average molecular weight is 756 g/mol. The van der Waals surface area contributed by atoms with Gasteiger partial charge in [-0.25, -0.2) is 22.7 Å². The molecule has 4 aliphatic rings. The standard InChI is InChI=1S/C36H45N5O9S2/c1-35(2,3)50-33(45)37-27-15-8-6-4-5-7-14-25-19-36(25,32(44)39-52(47,48)29-16-11-17-51-29)38-30(42)28-18-26(22-41(28)31(27)43)49-34(46)40-20-23-12-9-10-13-24(23)21-40/h7,9-14,16-17,25-28H,4-6,8,15,18-22H2,1-3H3,(H,37,45)(H,38,42)(H,39,44)/b14-7-/t25-,26-,27+,28+,36-/m1/s1. The van der Waals surface area contributed by atoms with E-state index in [1.807, 2.05) is 36.4 Å². The van der Waals surface area contributed by atoms with E-state index in [0.717, 1.165) is 35.3 Å². The van der Waals surface area contributed by atoms with Gasteiger partial charge in [0.15, 0.2) is 0 Å². The van der Waals surface area contributed by atoms with Gasteiger partial charge in [-0.3, -0.25) is 19.3 Å². The Labute approximate surface area is 307 Å². The van der Waals surface area contributed by atoms with Gasteiger partial charge in [-0.15, -0.1) is 11.3 Å². The van der Waals surface area contributed by atoms with Crippen molar-refractivity contribution in [3.63, 3.8) is 0 Å². The molecule has 1 aromatic carbocycles. The van der Waals surface area contributed by atoms with Crippen molar-refractivity contribution in [1.82, 2.24) is 25.2 Å². The molecule has 5 amide bonds. The van der Waals surface area contributed by atoms with Gasteiger partial charge in [0.2, 0.25) is 11.8 Å². The molecule has 14 nitrogen and oxygen atoms in total. The van der Waals surface area contributed by atoms with Crippen LogP contribution in [0.25, 0.3) is 0 Å². The Morgan fingerprint density at radius 2 is 1.75 bits per heavy atom. The Hall–Kier alpha value is -4.44. The molecule has 0 radical (unpaired) electrons. The highest BCUT2D eigenvalue weighted by Gasteiger charge is 2.62.